The first-order chi connectivity index (χ1) is 8.50. The van der Waals surface area contributed by atoms with Crippen LogP contribution in [0.4, 0.5) is 4.79 Å². The van der Waals surface area contributed by atoms with E-state index >= 15 is 0 Å². The SMILES string of the molecule is CC(C)[C@H](NC(=O)OCc1ccccc1)[PH](=O)O. The monoisotopic (exact) mass is 271 g/mol. The topological polar surface area (TPSA) is 75.6 Å². The molecule has 1 aromatic carbocycles. The Balaban J connectivity index is 2.44. The van der Waals surface area contributed by atoms with Crippen LogP contribution in [-0.2, 0) is 15.9 Å². The van der Waals surface area contributed by atoms with Gasteiger partial charge in [-0.25, -0.2) is 4.79 Å². The summed E-state index contributed by atoms with van der Waals surface area (Å²) >= 11 is 0. The highest BCUT2D eigenvalue weighted by Crippen LogP contribution is 2.26. The molecule has 0 saturated carbocycles. The number of alkyl carbamates (subject to hydrolysis) is 1. The van der Waals surface area contributed by atoms with Crippen molar-refractivity contribution in [2.45, 2.75) is 26.2 Å². The number of carbonyl (C=O) groups excluding carboxylic acids is 1. The molecule has 0 aliphatic carbocycles. The van der Waals surface area contributed by atoms with Gasteiger partial charge in [-0.3, -0.25) is 4.57 Å². The first kappa shape index (κ1) is 14.7. The minimum atomic E-state index is -2.81. The van der Waals surface area contributed by atoms with Crippen LogP contribution in [0, 0.1) is 5.92 Å². The molecule has 18 heavy (non-hydrogen) atoms. The molecule has 100 valence electrons. The molecule has 0 aromatic heterocycles. The smallest absolute Gasteiger partial charge is 0.408 e. The van der Waals surface area contributed by atoms with Crippen LogP contribution in [-0.4, -0.2) is 16.8 Å². The van der Waals surface area contributed by atoms with Gasteiger partial charge in [0.2, 0.25) is 8.03 Å². The summed E-state index contributed by atoms with van der Waals surface area (Å²) < 4.78 is 16.0. The molecule has 1 rings (SSSR count). The van der Waals surface area contributed by atoms with Crippen molar-refractivity contribution in [3.05, 3.63) is 35.9 Å². The maximum atomic E-state index is 11.5. The third-order valence-corrected chi connectivity index (χ3v) is 3.76. The molecule has 2 N–H and O–H groups in total. The summed E-state index contributed by atoms with van der Waals surface area (Å²) in [5, 5.41) is 2.41. The second kappa shape index (κ2) is 7.19. The fraction of sp³-hybridized carbons (Fsp3) is 0.417. The summed E-state index contributed by atoms with van der Waals surface area (Å²) in [4.78, 5) is 20.6. The summed E-state index contributed by atoms with van der Waals surface area (Å²) in [6.45, 7) is 3.67. The number of ether oxygens (including phenoxy) is 1. The molecule has 0 spiro atoms. The highest BCUT2D eigenvalue weighted by Gasteiger charge is 2.21. The van der Waals surface area contributed by atoms with Crippen LogP contribution in [0.2, 0.25) is 0 Å². The van der Waals surface area contributed by atoms with E-state index in [0.29, 0.717) is 0 Å². The van der Waals surface area contributed by atoms with E-state index < -0.39 is 19.9 Å². The fourth-order valence-electron chi connectivity index (χ4n) is 1.41. The lowest BCUT2D eigenvalue weighted by Gasteiger charge is -2.18. The molecule has 1 amide bonds. The largest absolute Gasteiger partial charge is 0.445 e. The van der Waals surface area contributed by atoms with Crippen LogP contribution in [0.25, 0.3) is 0 Å². The molecule has 0 aliphatic rings. The average molecular weight is 271 g/mol. The fourth-order valence-corrected chi connectivity index (χ4v) is 2.22. The first-order valence-electron chi connectivity index (χ1n) is 5.70. The molecule has 1 aromatic rings. The van der Waals surface area contributed by atoms with Crippen molar-refractivity contribution >= 4 is 14.1 Å². The standard InChI is InChI=1S/C12H18NO4P/c1-9(2)11(18(15)16)13-12(14)17-8-10-6-4-3-5-7-10/h3-7,9,11,18H,8H2,1-2H3,(H,13,14)(H,15,16)/t11-/m1/s1. The Bertz CT molecular complexity index is 408. The van der Waals surface area contributed by atoms with E-state index in [-0.39, 0.29) is 12.5 Å². The summed E-state index contributed by atoms with van der Waals surface area (Å²) in [6, 6.07) is 9.24. The van der Waals surface area contributed by atoms with E-state index in [1.54, 1.807) is 13.8 Å². The lowest BCUT2D eigenvalue weighted by Crippen LogP contribution is -2.36. The maximum absolute atomic E-state index is 11.5. The number of amides is 1. The van der Waals surface area contributed by atoms with Gasteiger partial charge in [-0.2, -0.15) is 0 Å². The Morgan fingerprint density at radius 3 is 2.50 bits per heavy atom. The second-order valence-corrected chi connectivity index (χ2v) is 5.56. The Morgan fingerprint density at radius 1 is 1.39 bits per heavy atom. The molecule has 0 heterocycles. The predicted octanol–water partition coefficient (Wildman–Crippen LogP) is 2.36. The zero-order valence-corrected chi connectivity index (χ0v) is 11.4. The zero-order valence-electron chi connectivity index (χ0n) is 10.4. The molecule has 0 bridgehead atoms. The van der Waals surface area contributed by atoms with Gasteiger partial charge in [-0.15, -0.1) is 0 Å². The van der Waals surface area contributed by atoms with Crippen molar-refractivity contribution in [2.75, 3.05) is 0 Å². The number of benzene rings is 1. The molecule has 0 radical (unpaired) electrons. The van der Waals surface area contributed by atoms with Gasteiger partial charge in [0.1, 0.15) is 12.4 Å². The highest BCUT2D eigenvalue weighted by atomic mass is 31.1. The van der Waals surface area contributed by atoms with E-state index in [2.05, 4.69) is 5.32 Å². The first-order valence-corrected chi connectivity index (χ1v) is 7.14. The van der Waals surface area contributed by atoms with E-state index in [9.17, 15) is 9.36 Å². The third kappa shape index (κ3) is 4.90. The number of nitrogens with one attached hydrogen (secondary N) is 1. The number of hydrogen-bond acceptors (Lipinski definition) is 3. The van der Waals surface area contributed by atoms with Gasteiger partial charge in [0.25, 0.3) is 0 Å². The van der Waals surface area contributed by atoms with Crippen molar-refractivity contribution in [3.63, 3.8) is 0 Å². The molecule has 0 fully saturated rings. The molecule has 0 aliphatic heterocycles. The van der Waals surface area contributed by atoms with Gasteiger partial charge < -0.3 is 14.9 Å². The van der Waals surface area contributed by atoms with Crippen LogP contribution < -0.4 is 5.32 Å². The molecule has 2 atom stereocenters. The Hall–Kier alpha value is -1.32. The van der Waals surface area contributed by atoms with Crippen molar-refractivity contribution < 1.29 is 19.0 Å². The van der Waals surface area contributed by atoms with Crippen molar-refractivity contribution in [3.8, 4) is 0 Å². The Kier molecular flexibility index (Phi) is 5.89. The van der Waals surface area contributed by atoms with Gasteiger partial charge in [-0.1, -0.05) is 44.2 Å². The normalized spacial score (nSPS) is 14.0. The van der Waals surface area contributed by atoms with E-state index in [1.165, 1.54) is 0 Å². The zero-order chi connectivity index (χ0) is 13.5. The van der Waals surface area contributed by atoms with E-state index in [4.69, 9.17) is 9.63 Å². The van der Waals surface area contributed by atoms with Crippen LogP contribution >= 0.6 is 8.03 Å². The van der Waals surface area contributed by atoms with Gasteiger partial charge in [0.15, 0.2) is 0 Å². The minimum Gasteiger partial charge on any atom is -0.445 e. The van der Waals surface area contributed by atoms with E-state index in [1.807, 2.05) is 30.3 Å². The molecule has 6 heteroatoms. The average Bonchev–Trinajstić information content (AvgIpc) is 2.34. The lowest BCUT2D eigenvalue weighted by atomic mass is 10.2. The molecule has 0 saturated heterocycles. The third-order valence-electron chi connectivity index (χ3n) is 2.42. The molecule has 1 unspecified atom stereocenters. The summed E-state index contributed by atoms with van der Waals surface area (Å²) in [7, 11) is -2.81. The Labute approximate surface area is 107 Å². The van der Waals surface area contributed by atoms with Gasteiger partial charge in [-0.05, 0) is 11.5 Å². The Morgan fingerprint density at radius 2 is 2.00 bits per heavy atom. The minimum absolute atomic E-state index is 0.120. The highest BCUT2D eigenvalue weighted by molar-refractivity contribution is 7.38. The van der Waals surface area contributed by atoms with Gasteiger partial charge in [0, 0.05) is 0 Å². The quantitative estimate of drug-likeness (QED) is 0.806. The van der Waals surface area contributed by atoms with Crippen molar-refractivity contribution in [1.82, 2.24) is 5.32 Å². The van der Waals surface area contributed by atoms with Crippen LogP contribution in [0.3, 0.4) is 0 Å². The molecule has 5 nitrogen and oxygen atoms in total. The number of rotatable bonds is 5. The van der Waals surface area contributed by atoms with Crippen molar-refractivity contribution in [2.24, 2.45) is 5.92 Å². The molecular formula is C12H18NO4P. The summed E-state index contributed by atoms with van der Waals surface area (Å²) in [5.41, 5.74) is 0.866. The van der Waals surface area contributed by atoms with Crippen LogP contribution in [0.1, 0.15) is 19.4 Å². The summed E-state index contributed by atoms with van der Waals surface area (Å²) in [6.07, 6.45) is -0.676. The van der Waals surface area contributed by atoms with E-state index in [0.717, 1.165) is 5.56 Å². The van der Waals surface area contributed by atoms with Crippen LogP contribution in [0.15, 0.2) is 30.3 Å². The number of carbonyl (C=O) groups is 1. The lowest BCUT2D eigenvalue weighted by molar-refractivity contribution is 0.136. The predicted molar refractivity (Wildman–Crippen MR) is 69.6 cm³/mol. The van der Waals surface area contributed by atoms with Crippen LogP contribution in [0.5, 0.6) is 0 Å². The number of hydrogen-bond donors (Lipinski definition) is 2. The van der Waals surface area contributed by atoms with Gasteiger partial charge >= 0.3 is 6.09 Å². The molecular weight excluding hydrogens is 253 g/mol. The second-order valence-electron chi connectivity index (χ2n) is 4.27. The van der Waals surface area contributed by atoms with Crippen molar-refractivity contribution in [1.29, 1.82) is 0 Å². The van der Waals surface area contributed by atoms with Gasteiger partial charge in [0.05, 0.1) is 0 Å². The maximum Gasteiger partial charge on any atom is 0.408 e. The summed E-state index contributed by atoms with van der Waals surface area (Å²) in [5.74, 6) is -0.871.